The van der Waals surface area contributed by atoms with Crippen molar-refractivity contribution >= 4 is 37.6 Å². The van der Waals surface area contributed by atoms with Crippen LogP contribution in [-0.4, -0.2) is 61.2 Å². The number of piperidine rings is 1. The molecule has 1 aliphatic heterocycles. The van der Waals surface area contributed by atoms with Crippen LogP contribution < -0.4 is 29.6 Å². The minimum Gasteiger partial charge on any atom is -0.625 e. The van der Waals surface area contributed by atoms with E-state index in [1.165, 1.54) is 0 Å². The molecule has 29 heavy (non-hydrogen) atoms. The Hall–Kier alpha value is -1.59. The summed E-state index contributed by atoms with van der Waals surface area (Å²) in [4.78, 5) is 55.1. The molecule has 1 aliphatic rings. The zero-order chi connectivity index (χ0) is 21.9. The number of hydrogen-bond acceptors (Lipinski definition) is 9. The van der Waals surface area contributed by atoms with Gasteiger partial charge in [-0.05, 0) is 33.6 Å². The monoisotopic (exact) mass is 425 g/mol. The number of carbonyl (C=O) groups excluding carboxylic acids is 5. The van der Waals surface area contributed by atoms with Crippen molar-refractivity contribution in [3.8, 4) is 0 Å². The molecule has 0 saturated carbocycles. The molecule has 160 valence electrons. The minimum atomic E-state index is -2.41. The molecule has 0 atom stereocenters. The predicted octanol–water partition coefficient (Wildman–Crippen LogP) is -1.77. The van der Waals surface area contributed by atoms with Crippen LogP contribution in [0.3, 0.4) is 0 Å². The third kappa shape index (κ3) is 16.0. The predicted molar refractivity (Wildman–Crippen MR) is 99.0 cm³/mol. The normalized spacial score (nSPS) is 13.8. The van der Waals surface area contributed by atoms with Crippen LogP contribution in [0.4, 0.5) is 4.79 Å². The Morgan fingerprint density at radius 3 is 1.55 bits per heavy atom. The second-order valence-corrected chi connectivity index (χ2v) is 7.20. The summed E-state index contributed by atoms with van der Waals surface area (Å²) in [5.74, 6) is -1.92. The summed E-state index contributed by atoms with van der Waals surface area (Å²) < 4.78 is 18.5. The van der Waals surface area contributed by atoms with Crippen molar-refractivity contribution in [1.82, 2.24) is 4.90 Å². The largest absolute Gasteiger partial charge is 1.00 e. The summed E-state index contributed by atoms with van der Waals surface area (Å²) in [6.45, 7) is 10.2. The molecule has 0 aromatic carbocycles. The van der Waals surface area contributed by atoms with Gasteiger partial charge in [-0.3, -0.25) is 14.4 Å². The van der Waals surface area contributed by atoms with E-state index >= 15 is 0 Å². The zero-order valence-corrected chi connectivity index (χ0v) is 20.3. The number of carbonyl (C=O) groups is 5. The summed E-state index contributed by atoms with van der Waals surface area (Å²) in [6, 6.07) is 0. The van der Waals surface area contributed by atoms with E-state index in [4.69, 9.17) is 4.74 Å². The second kappa shape index (κ2) is 14.4. The number of likely N-dealkylation sites (tertiary alicyclic amines) is 1. The molecule has 1 heterocycles. The van der Waals surface area contributed by atoms with Crippen molar-refractivity contribution in [1.29, 1.82) is 0 Å². The first-order chi connectivity index (χ1) is 12.8. The summed E-state index contributed by atoms with van der Waals surface area (Å²) in [7, 11) is -2.41. The van der Waals surface area contributed by atoms with E-state index in [0.717, 1.165) is 39.9 Å². The van der Waals surface area contributed by atoms with Gasteiger partial charge in [0, 0.05) is 39.8 Å². The Morgan fingerprint density at radius 2 is 1.28 bits per heavy atom. The maximum Gasteiger partial charge on any atom is 1.00 e. The van der Waals surface area contributed by atoms with Crippen LogP contribution in [-0.2, 0) is 37.9 Å². The number of amides is 1. The summed E-state index contributed by atoms with van der Waals surface area (Å²) in [5.41, 5.74) is -0.446. The van der Waals surface area contributed by atoms with Gasteiger partial charge in [0.1, 0.15) is 11.9 Å². The Kier molecular flexibility index (Phi) is 14.7. The van der Waals surface area contributed by atoms with Crippen LogP contribution in [0.5, 0.6) is 0 Å². The van der Waals surface area contributed by atoms with Gasteiger partial charge < -0.3 is 28.4 Å². The molecule has 0 aromatic rings. The average molecular weight is 425 g/mol. The molecule has 0 bridgehead atoms. The first-order valence-electron chi connectivity index (χ1n) is 8.94. The topological polar surface area (TPSA) is 126 Å². The van der Waals surface area contributed by atoms with Crippen molar-refractivity contribution in [3.05, 3.63) is 0 Å². The van der Waals surface area contributed by atoms with E-state index in [1.54, 1.807) is 4.90 Å². The number of hydrogen-bond donors (Lipinski definition) is 0. The molecule has 1 saturated heterocycles. The summed E-state index contributed by atoms with van der Waals surface area (Å²) >= 11 is 0. The van der Waals surface area contributed by atoms with Crippen LogP contribution in [0.25, 0.3) is 0 Å². The van der Waals surface area contributed by atoms with Crippen molar-refractivity contribution in [2.24, 2.45) is 5.92 Å². The van der Waals surface area contributed by atoms with E-state index in [9.17, 15) is 24.0 Å². The molecule has 0 aromatic heterocycles. The van der Waals surface area contributed by atoms with Crippen LogP contribution in [0.15, 0.2) is 0 Å². The quantitative estimate of drug-likeness (QED) is 0.380. The molecular formula is C17H29BNNaO9. The first-order valence-corrected chi connectivity index (χ1v) is 8.94. The first kappa shape index (κ1) is 29.6. The molecule has 0 N–H and O–H groups in total. The number of rotatable bonds is 4. The molecule has 0 unspecified atom stereocenters. The third-order valence-corrected chi connectivity index (χ3v) is 3.35. The van der Waals surface area contributed by atoms with Gasteiger partial charge in [0.2, 0.25) is 0 Å². The van der Waals surface area contributed by atoms with Gasteiger partial charge in [-0.2, -0.15) is 0 Å². The summed E-state index contributed by atoms with van der Waals surface area (Å²) in [5, 5.41) is 0. The van der Waals surface area contributed by atoms with Gasteiger partial charge in [0.25, 0.3) is 17.9 Å². The minimum absolute atomic E-state index is 0. The van der Waals surface area contributed by atoms with Crippen LogP contribution >= 0.6 is 0 Å². The fourth-order valence-corrected chi connectivity index (χ4v) is 2.13. The van der Waals surface area contributed by atoms with Gasteiger partial charge in [-0.1, -0.05) is 0 Å². The molecule has 0 radical (unpaired) electrons. The number of nitrogens with zero attached hydrogens (tertiary/aromatic N) is 1. The van der Waals surface area contributed by atoms with Crippen molar-refractivity contribution < 1.29 is 72.2 Å². The Labute approximate surface area is 193 Å². The standard InChI is InChI=1S/C11H19NO3.C6H10BO6.Na/c1-11(2,3)15-10(14)12-6-4-9(8-13)5-7-12;1-4(8)11-7(12-5(2)9)13-6(3)10;/h8-9H,4-7H2,1-3H3;7H,1-3H3;/q;-1;+1. The second-order valence-electron chi connectivity index (χ2n) is 7.20. The van der Waals surface area contributed by atoms with Gasteiger partial charge in [0.05, 0.1) is 0 Å². The van der Waals surface area contributed by atoms with Gasteiger partial charge in [0.15, 0.2) is 0 Å². The summed E-state index contributed by atoms with van der Waals surface area (Å²) in [6.07, 6.45) is 2.21. The van der Waals surface area contributed by atoms with E-state index in [0.29, 0.717) is 13.1 Å². The molecule has 12 heteroatoms. The fraction of sp³-hybridized carbons (Fsp3) is 0.706. The Balaban J connectivity index is 0. The molecular weight excluding hydrogens is 396 g/mol. The van der Waals surface area contributed by atoms with Crippen LogP contribution in [0.2, 0.25) is 0 Å². The molecule has 0 aliphatic carbocycles. The smallest absolute Gasteiger partial charge is 0.625 e. The van der Waals surface area contributed by atoms with Gasteiger partial charge in [-0.25, -0.2) is 4.79 Å². The molecule has 1 amide bonds. The van der Waals surface area contributed by atoms with Crippen molar-refractivity contribution in [2.45, 2.75) is 60.0 Å². The van der Waals surface area contributed by atoms with E-state index in [1.807, 2.05) is 20.8 Å². The Morgan fingerprint density at radius 1 is 0.897 bits per heavy atom. The molecule has 1 rings (SSSR count). The van der Waals surface area contributed by atoms with Crippen molar-refractivity contribution in [2.75, 3.05) is 13.1 Å². The maximum absolute atomic E-state index is 11.6. The molecule has 1 fully saturated rings. The zero-order valence-electron chi connectivity index (χ0n) is 18.3. The number of ether oxygens (including phenoxy) is 1. The maximum atomic E-state index is 11.6. The van der Waals surface area contributed by atoms with Gasteiger partial charge in [-0.15, -0.1) is 0 Å². The van der Waals surface area contributed by atoms with E-state index < -0.39 is 30.8 Å². The Bertz CT molecular complexity index is 534. The van der Waals surface area contributed by atoms with Gasteiger partial charge >= 0.3 is 43.0 Å². The van der Waals surface area contributed by atoms with Crippen molar-refractivity contribution in [3.63, 3.8) is 0 Å². The molecule has 0 spiro atoms. The SMILES string of the molecule is CC(=O)O[BH-](OC(C)=O)OC(C)=O.CC(C)(C)OC(=O)N1CCC(C=O)CC1.[Na+]. The molecule has 10 nitrogen and oxygen atoms in total. The average Bonchev–Trinajstić information content (AvgIpc) is 2.52. The van der Waals surface area contributed by atoms with E-state index in [2.05, 4.69) is 14.0 Å². The third-order valence-electron chi connectivity index (χ3n) is 3.35. The van der Waals surface area contributed by atoms with Crippen LogP contribution in [0.1, 0.15) is 54.4 Å². The fourth-order valence-electron chi connectivity index (χ4n) is 2.13. The van der Waals surface area contributed by atoms with Crippen LogP contribution in [0, 0.1) is 5.92 Å². The number of aldehydes is 1. The van der Waals surface area contributed by atoms with E-state index in [-0.39, 0.29) is 41.6 Å².